The van der Waals surface area contributed by atoms with E-state index < -0.39 is 0 Å². The highest BCUT2D eigenvalue weighted by atomic mass is 35.5. The minimum atomic E-state index is -0.101. The van der Waals surface area contributed by atoms with E-state index in [1.54, 1.807) is 0 Å². The number of rotatable bonds is 4. The van der Waals surface area contributed by atoms with Gasteiger partial charge in [0.05, 0.1) is 11.7 Å². The third kappa shape index (κ3) is 3.70. The number of hydrogen-bond acceptors (Lipinski definition) is 4. The second-order valence-corrected chi connectivity index (χ2v) is 6.78. The molecule has 2 fully saturated rings. The molecule has 2 unspecified atom stereocenters. The highest BCUT2D eigenvalue weighted by molar-refractivity contribution is 5.93. The van der Waals surface area contributed by atoms with Gasteiger partial charge in [-0.05, 0) is 44.8 Å². The van der Waals surface area contributed by atoms with Gasteiger partial charge in [0.1, 0.15) is 0 Å². The summed E-state index contributed by atoms with van der Waals surface area (Å²) in [6, 6.07) is 10.9. The van der Waals surface area contributed by atoms with Gasteiger partial charge in [-0.25, -0.2) is 4.68 Å². The Morgan fingerprint density at radius 2 is 1.96 bits per heavy atom. The van der Waals surface area contributed by atoms with Crippen molar-refractivity contribution in [1.82, 2.24) is 25.6 Å². The lowest BCUT2D eigenvalue weighted by molar-refractivity contribution is 0.0944. The molecule has 1 saturated heterocycles. The summed E-state index contributed by atoms with van der Waals surface area (Å²) in [5.74, 6) is 0.325. The Morgan fingerprint density at radius 1 is 1.24 bits per heavy atom. The second-order valence-electron chi connectivity index (χ2n) is 6.78. The molecule has 25 heavy (non-hydrogen) atoms. The fourth-order valence-electron chi connectivity index (χ4n) is 3.61. The van der Waals surface area contributed by atoms with Crippen LogP contribution in [0.25, 0.3) is 0 Å². The number of carbonyl (C=O) groups excluding carboxylic acids is 1. The van der Waals surface area contributed by atoms with E-state index in [9.17, 15) is 4.79 Å². The summed E-state index contributed by atoms with van der Waals surface area (Å²) < 4.78 is 1.93. The van der Waals surface area contributed by atoms with Crippen LogP contribution in [0.5, 0.6) is 0 Å². The van der Waals surface area contributed by atoms with E-state index in [0.717, 1.165) is 38.0 Å². The molecule has 1 amide bonds. The first-order valence-corrected chi connectivity index (χ1v) is 8.72. The van der Waals surface area contributed by atoms with Crippen LogP contribution in [-0.4, -0.2) is 40.0 Å². The number of halogens is 1. The summed E-state index contributed by atoms with van der Waals surface area (Å²) in [4.78, 5) is 12.5. The molecule has 0 spiro atoms. The molecule has 2 heterocycles. The zero-order chi connectivity index (χ0) is 16.5. The highest BCUT2D eigenvalue weighted by Gasteiger charge is 2.40. The number of amides is 1. The van der Waals surface area contributed by atoms with Gasteiger partial charge in [0, 0.05) is 12.0 Å². The Hall–Kier alpha value is -1.92. The van der Waals surface area contributed by atoms with Crippen LogP contribution in [0.1, 0.15) is 53.0 Å². The van der Waals surface area contributed by atoms with Gasteiger partial charge in [0.15, 0.2) is 5.69 Å². The third-order valence-corrected chi connectivity index (χ3v) is 5.13. The van der Waals surface area contributed by atoms with E-state index in [1.807, 2.05) is 29.8 Å². The van der Waals surface area contributed by atoms with Gasteiger partial charge in [-0.3, -0.25) is 4.79 Å². The van der Waals surface area contributed by atoms with Crippen molar-refractivity contribution in [2.75, 3.05) is 13.1 Å². The predicted octanol–water partition coefficient (Wildman–Crippen LogP) is 2.22. The van der Waals surface area contributed by atoms with Gasteiger partial charge in [0.25, 0.3) is 5.91 Å². The molecule has 2 N–H and O–H groups in total. The number of benzene rings is 1. The maximum Gasteiger partial charge on any atom is 0.273 e. The highest BCUT2D eigenvalue weighted by Crippen LogP contribution is 2.40. The second kappa shape index (κ2) is 7.54. The summed E-state index contributed by atoms with van der Waals surface area (Å²) in [5.41, 5.74) is 2.63. The lowest BCUT2D eigenvalue weighted by Gasteiger charge is -2.23. The predicted molar refractivity (Wildman–Crippen MR) is 98.2 cm³/mol. The number of aromatic nitrogens is 3. The molecule has 1 aliphatic heterocycles. The molecule has 0 bridgehead atoms. The maximum atomic E-state index is 12.5. The van der Waals surface area contributed by atoms with Gasteiger partial charge >= 0.3 is 0 Å². The number of nitrogens with zero attached hydrogens (tertiary/aromatic N) is 3. The fraction of sp³-hybridized carbons (Fsp3) is 0.500. The quantitative estimate of drug-likeness (QED) is 0.875. The summed E-state index contributed by atoms with van der Waals surface area (Å²) in [6.45, 7) is 3.93. The van der Waals surface area contributed by atoms with Crippen LogP contribution in [0.4, 0.5) is 0 Å². The van der Waals surface area contributed by atoms with Crippen molar-refractivity contribution in [3.8, 4) is 0 Å². The molecule has 1 aromatic heterocycles. The SMILES string of the molecule is Cc1c(C(=O)NC2CC2c2ccccc2)nnn1C1CCNCC1.Cl. The maximum absolute atomic E-state index is 12.5. The van der Waals surface area contributed by atoms with Crippen molar-refractivity contribution in [3.05, 3.63) is 47.3 Å². The van der Waals surface area contributed by atoms with Gasteiger partial charge < -0.3 is 10.6 Å². The zero-order valence-corrected chi connectivity index (χ0v) is 15.1. The lowest BCUT2D eigenvalue weighted by Crippen LogP contribution is -2.31. The normalized spacial score (nSPS) is 22.9. The Balaban J connectivity index is 0.00000182. The Kier molecular flexibility index (Phi) is 5.39. The third-order valence-electron chi connectivity index (χ3n) is 5.13. The molecular weight excluding hydrogens is 338 g/mol. The number of carbonyl (C=O) groups is 1. The largest absolute Gasteiger partial charge is 0.347 e. The molecule has 1 saturated carbocycles. The number of piperidine rings is 1. The lowest BCUT2D eigenvalue weighted by atomic mass is 10.1. The van der Waals surface area contributed by atoms with E-state index in [-0.39, 0.29) is 24.4 Å². The Morgan fingerprint density at radius 3 is 2.68 bits per heavy atom. The zero-order valence-electron chi connectivity index (χ0n) is 14.3. The van der Waals surface area contributed by atoms with Gasteiger partial charge in [-0.2, -0.15) is 0 Å². The van der Waals surface area contributed by atoms with E-state index >= 15 is 0 Å². The fourth-order valence-corrected chi connectivity index (χ4v) is 3.61. The average Bonchev–Trinajstić information content (AvgIpc) is 3.28. The van der Waals surface area contributed by atoms with Crippen molar-refractivity contribution < 1.29 is 4.79 Å². The average molecular weight is 362 g/mol. The van der Waals surface area contributed by atoms with Gasteiger partial charge in [-0.1, -0.05) is 35.5 Å². The first-order chi connectivity index (χ1) is 11.7. The van der Waals surface area contributed by atoms with E-state index in [2.05, 4.69) is 33.1 Å². The Bertz CT molecular complexity index is 726. The van der Waals surface area contributed by atoms with Crippen molar-refractivity contribution in [3.63, 3.8) is 0 Å². The summed E-state index contributed by atoms with van der Waals surface area (Å²) in [5, 5.41) is 14.8. The molecule has 2 atom stereocenters. The van der Waals surface area contributed by atoms with Crippen LogP contribution < -0.4 is 10.6 Å². The molecule has 0 radical (unpaired) electrons. The molecular formula is C18H24ClN5O. The van der Waals surface area contributed by atoms with Crippen molar-refractivity contribution in [2.45, 2.75) is 44.2 Å². The monoisotopic (exact) mass is 361 g/mol. The van der Waals surface area contributed by atoms with Crippen LogP contribution >= 0.6 is 12.4 Å². The smallest absolute Gasteiger partial charge is 0.273 e. The first-order valence-electron chi connectivity index (χ1n) is 8.72. The molecule has 2 aromatic rings. The standard InChI is InChI=1S/C18H23N5O.ClH/c1-12-17(21-22-23(12)14-7-9-19-10-8-14)18(24)20-16-11-15(16)13-5-3-2-4-6-13;/h2-6,14-16,19H,7-11H2,1H3,(H,20,24);1H. The van der Waals surface area contributed by atoms with Crippen LogP contribution in [0.15, 0.2) is 30.3 Å². The summed E-state index contributed by atoms with van der Waals surface area (Å²) >= 11 is 0. The van der Waals surface area contributed by atoms with Gasteiger partial charge in [0.2, 0.25) is 0 Å². The summed E-state index contributed by atoms with van der Waals surface area (Å²) in [7, 11) is 0. The molecule has 134 valence electrons. The molecule has 6 nitrogen and oxygen atoms in total. The van der Waals surface area contributed by atoms with Crippen LogP contribution in [0.2, 0.25) is 0 Å². The molecule has 1 aliphatic carbocycles. The van der Waals surface area contributed by atoms with Crippen molar-refractivity contribution in [2.24, 2.45) is 0 Å². The van der Waals surface area contributed by atoms with Crippen LogP contribution in [0, 0.1) is 6.92 Å². The van der Waals surface area contributed by atoms with Crippen molar-refractivity contribution >= 4 is 18.3 Å². The van der Waals surface area contributed by atoms with Crippen molar-refractivity contribution in [1.29, 1.82) is 0 Å². The first kappa shape index (κ1) is 17.9. The topological polar surface area (TPSA) is 71.8 Å². The number of hydrogen-bond donors (Lipinski definition) is 2. The molecule has 2 aliphatic rings. The molecule has 7 heteroatoms. The van der Waals surface area contributed by atoms with E-state index in [1.165, 1.54) is 5.56 Å². The summed E-state index contributed by atoms with van der Waals surface area (Å²) in [6.07, 6.45) is 3.06. The minimum Gasteiger partial charge on any atom is -0.347 e. The van der Waals surface area contributed by atoms with Gasteiger partial charge in [-0.15, -0.1) is 17.5 Å². The van der Waals surface area contributed by atoms with Crippen LogP contribution in [0.3, 0.4) is 0 Å². The molecule has 1 aromatic carbocycles. The number of nitrogens with one attached hydrogen (secondary N) is 2. The van der Waals surface area contributed by atoms with E-state index in [0.29, 0.717) is 17.7 Å². The van der Waals surface area contributed by atoms with E-state index in [4.69, 9.17) is 0 Å². The minimum absolute atomic E-state index is 0. The Labute approximate surface area is 153 Å². The van der Waals surface area contributed by atoms with Crippen LogP contribution in [-0.2, 0) is 0 Å². The molecule has 4 rings (SSSR count).